The van der Waals surface area contributed by atoms with E-state index in [1.807, 2.05) is 55.4 Å². The molecule has 0 aliphatic rings. The van der Waals surface area contributed by atoms with Crippen LogP contribution in [-0.4, -0.2) is 41.8 Å². The van der Waals surface area contributed by atoms with E-state index in [0.29, 0.717) is 0 Å². The van der Waals surface area contributed by atoms with Gasteiger partial charge in [0.1, 0.15) is 0 Å². The molecule has 0 heterocycles. The van der Waals surface area contributed by atoms with E-state index in [1.165, 1.54) is 0 Å². The zero-order chi connectivity index (χ0) is 15.2. The first-order chi connectivity index (χ1) is 8.56. The SMILES string of the molecule is CC(C)OC(OC(C)C)C(O)(OC(C)C)OC(C)C.[Ti]. The van der Waals surface area contributed by atoms with Crippen molar-refractivity contribution in [2.45, 2.75) is 92.1 Å². The zero-order valence-electron chi connectivity index (χ0n) is 14.0. The summed E-state index contributed by atoms with van der Waals surface area (Å²) in [4.78, 5) is 0. The molecular weight excluding hydrogens is 296 g/mol. The van der Waals surface area contributed by atoms with Crippen LogP contribution >= 0.6 is 0 Å². The molecule has 0 amide bonds. The van der Waals surface area contributed by atoms with Gasteiger partial charge in [-0.05, 0) is 55.4 Å². The predicted octanol–water partition coefficient (Wildman–Crippen LogP) is 2.66. The van der Waals surface area contributed by atoms with Crippen molar-refractivity contribution in [2.24, 2.45) is 0 Å². The summed E-state index contributed by atoms with van der Waals surface area (Å²) in [5.74, 6) is -1.92. The molecule has 0 saturated heterocycles. The molecule has 0 aliphatic heterocycles. The van der Waals surface area contributed by atoms with Gasteiger partial charge in [-0.3, -0.25) is 0 Å². The summed E-state index contributed by atoms with van der Waals surface area (Å²) in [6.07, 6.45) is -1.70. The van der Waals surface area contributed by atoms with Crippen LogP contribution in [0.4, 0.5) is 0 Å². The summed E-state index contributed by atoms with van der Waals surface area (Å²) in [5.41, 5.74) is 0. The van der Waals surface area contributed by atoms with Gasteiger partial charge in [0.25, 0.3) is 0 Å². The Labute approximate surface area is 138 Å². The Morgan fingerprint density at radius 1 is 0.650 bits per heavy atom. The average Bonchev–Trinajstić information content (AvgIpc) is 2.11. The standard InChI is InChI=1S/C14H30O5.Ti/c1-9(2)16-13(17-10(3)4)14(15,18-11(5)6)19-12(7)8;/h9-13,15H,1-8H3;. The minimum absolute atomic E-state index is 0. The van der Waals surface area contributed by atoms with Gasteiger partial charge in [0, 0.05) is 21.7 Å². The monoisotopic (exact) mass is 326 g/mol. The molecule has 0 aromatic heterocycles. The molecule has 0 aliphatic carbocycles. The Morgan fingerprint density at radius 3 is 1.15 bits per heavy atom. The summed E-state index contributed by atoms with van der Waals surface area (Å²) >= 11 is 0. The zero-order valence-corrected chi connectivity index (χ0v) is 15.5. The number of hydrogen-bond donors (Lipinski definition) is 1. The van der Waals surface area contributed by atoms with Gasteiger partial charge in [-0.2, -0.15) is 0 Å². The molecule has 0 spiro atoms. The van der Waals surface area contributed by atoms with Crippen molar-refractivity contribution in [2.75, 3.05) is 0 Å². The van der Waals surface area contributed by atoms with Crippen molar-refractivity contribution in [1.29, 1.82) is 0 Å². The quantitative estimate of drug-likeness (QED) is 0.521. The van der Waals surface area contributed by atoms with Gasteiger partial charge >= 0.3 is 5.97 Å². The Balaban J connectivity index is 0. The molecule has 6 heteroatoms. The van der Waals surface area contributed by atoms with Crippen molar-refractivity contribution in [1.82, 2.24) is 0 Å². The molecule has 0 aromatic carbocycles. The Hall–Kier alpha value is 0.514. The largest absolute Gasteiger partial charge is 0.343 e. The second-order valence-electron chi connectivity index (χ2n) is 5.67. The predicted molar refractivity (Wildman–Crippen MR) is 73.6 cm³/mol. The molecular formula is C14H30O5Ti. The first-order valence-corrected chi connectivity index (χ1v) is 6.95. The molecule has 0 radical (unpaired) electrons. The van der Waals surface area contributed by atoms with Crippen LogP contribution in [0, 0.1) is 0 Å². The van der Waals surface area contributed by atoms with E-state index in [9.17, 15) is 5.11 Å². The molecule has 0 bridgehead atoms. The maximum atomic E-state index is 10.6. The summed E-state index contributed by atoms with van der Waals surface area (Å²) < 4.78 is 22.2. The summed E-state index contributed by atoms with van der Waals surface area (Å²) in [6.45, 7) is 14.7. The molecule has 0 aromatic rings. The first-order valence-electron chi connectivity index (χ1n) is 6.95. The van der Waals surface area contributed by atoms with Crippen molar-refractivity contribution in [3.8, 4) is 0 Å². The van der Waals surface area contributed by atoms with Gasteiger partial charge in [0.15, 0.2) is 0 Å². The van der Waals surface area contributed by atoms with Crippen LogP contribution in [0.25, 0.3) is 0 Å². The van der Waals surface area contributed by atoms with E-state index in [1.54, 1.807) is 0 Å². The maximum Gasteiger partial charge on any atom is 0.335 e. The fourth-order valence-corrected chi connectivity index (χ4v) is 1.51. The van der Waals surface area contributed by atoms with Crippen molar-refractivity contribution in [3.05, 3.63) is 0 Å². The van der Waals surface area contributed by atoms with E-state index in [2.05, 4.69) is 0 Å². The van der Waals surface area contributed by atoms with Crippen molar-refractivity contribution in [3.63, 3.8) is 0 Å². The van der Waals surface area contributed by atoms with Gasteiger partial charge in [-0.1, -0.05) is 0 Å². The van der Waals surface area contributed by atoms with Crippen molar-refractivity contribution < 1.29 is 45.8 Å². The van der Waals surface area contributed by atoms with E-state index < -0.39 is 12.3 Å². The second-order valence-corrected chi connectivity index (χ2v) is 5.67. The Bertz CT molecular complexity index is 224. The fraction of sp³-hybridized carbons (Fsp3) is 1.00. The molecule has 20 heavy (non-hydrogen) atoms. The molecule has 0 saturated carbocycles. The minimum Gasteiger partial charge on any atom is -0.343 e. The normalized spacial score (nSPS) is 12.9. The minimum atomic E-state index is -1.92. The van der Waals surface area contributed by atoms with Crippen LogP contribution in [0.2, 0.25) is 0 Å². The van der Waals surface area contributed by atoms with E-state index in [4.69, 9.17) is 18.9 Å². The van der Waals surface area contributed by atoms with Crippen LogP contribution in [0.15, 0.2) is 0 Å². The van der Waals surface area contributed by atoms with Crippen LogP contribution in [-0.2, 0) is 40.7 Å². The number of hydrogen-bond acceptors (Lipinski definition) is 5. The topological polar surface area (TPSA) is 57.2 Å². The van der Waals surface area contributed by atoms with E-state index in [-0.39, 0.29) is 46.1 Å². The van der Waals surface area contributed by atoms with Crippen LogP contribution in [0.5, 0.6) is 0 Å². The molecule has 5 nitrogen and oxygen atoms in total. The fourth-order valence-electron chi connectivity index (χ4n) is 1.51. The molecule has 0 atom stereocenters. The summed E-state index contributed by atoms with van der Waals surface area (Å²) in [5, 5.41) is 10.6. The second kappa shape index (κ2) is 10.3. The maximum absolute atomic E-state index is 10.6. The van der Waals surface area contributed by atoms with Crippen molar-refractivity contribution >= 4 is 0 Å². The van der Waals surface area contributed by atoms with Crippen LogP contribution in [0.3, 0.4) is 0 Å². The summed E-state index contributed by atoms with van der Waals surface area (Å²) in [7, 11) is 0. The van der Waals surface area contributed by atoms with E-state index in [0.717, 1.165) is 0 Å². The molecule has 1 N–H and O–H groups in total. The van der Waals surface area contributed by atoms with Crippen LogP contribution in [0.1, 0.15) is 55.4 Å². The third kappa shape index (κ3) is 9.45. The van der Waals surface area contributed by atoms with Crippen LogP contribution < -0.4 is 0 Å². The molecule has 0 rings (SSSR count). The van der Waals surface area contributed by atoms with Gasteiger partial charge in [-0.25, -0.2) is 0 Å². The summed E-state index contributed by atoms with van der Waals surface area (Å²) in [6, 6.07) is 0. The Morgan fingerprint density at radius 2 is 0.950 bits per heavy atom. The molecule has 0 unspecified atom stereocenters. The first kappa shape index (κ1) is 22.8. The van der Waals surface area contributed by atoms with Gasteiger partial charge in [-0.15, -0.1) is 0 Å². The van der Waals surface area contributed by atoms with Gasteiger partial charge in [0.2, 0.25) is 6.29 Å². The molecule has 120 valence electrons. The smallest absolute Gasteiger partial charge is 0.335 e. The third-order valence-corrected chi connectivity index (χ3v) is 1.90. The average molecular weight is 326 g/mol. The Kier molecular flexibility index (Phi) is 11.7. The third-order valence-electron chi connectivity index (χ3n) is 1.90. The van der Waals surface area contributed by atoms with E-state index >= 15 is 0 Å². The number of ether oxygens (including phenoxy) is 4. The van der Waals surface area contributed by atoms with Gasteiger partial charge in [0.05, 0.1) is 24.4 Å². The molecule has 0 fully saturated rings. The number of rotatable bonds is 9. The van der Waals surface area contributed by atoms with Gasteiger partial charge < -0.3 is 24.1 Å². The number of aliphatic hydroxyl groups is 1.